The van der Waals surface area contributed by atoms with Crippen molar-refractivity contribution in [1.82, 2.24) is 0 Å². The molecule has 5 bridgehead atoms. The number of benzene rings is 1. The van der Waals surface area contributed by atoms with Crippen molar-refractivity contribution in [3.8, 4) is 34.5 Å². The number of phosphoric acid groups is 1. The number of hydrogen-bond donors (Lipinski definition) is 1. The Balaban J connectivity index is 2.24. The Labute approximate surface area is 76.3 Å². The normalized spacial score (nSPS) is 27.4. The molecule has 0 radical (unpaired) electrons. The molecule has 1 N–H and O–H groups in total. The second-order valence-corrected chi connectivity index (χ2v) is 4.32. The first-order valence-corrected chi connectivity index (χ1v) is 5.10. The molecule has 3 heterocycles. The molecule has 3 aliphatic rings. The van der Waals surface area contributed by atoms with E-state index in [2.05, 4.69) is 4.89 Å². The van der Waals surface area contributed by atoms with Crippen molar-refractivity contribution < 1.29 is 33.0 Å². The molecule has 8 heteroatoms. The highest BCUT2D eigenvalue weighted by atomic mass is 31.2. The highest BCUT2D eigenvalue weighted by molar-refractivity contribution is 7.50. The minimum Gasteiger partial charge on any atom is -0.501 e. The Morgan fingerprint density at radius 3 is 2.21 bits per heavy atom. The lowest BCUT2D eigenvalue weighted by Gasteiger charge is -2.11. The van der Waals surface area contributed by atoms with Gasteiger partial charge in [-0.2, -0.15) is 4.57 Å². The number of rotatable bonds is 0. The van der Waals surface area contributed by atoms with E-state index in [-0.39, 0.29) is 34.5 Å². The predicted molar refractivity (Wildman–Crippen MR) is 38.9 cm³/mol. The van der Waals surface area contributed by atoms with Crippen molar-refractivity contribution in [1.29, 1.82) is 0 Å². The van der Waals surface area contributed by atoms with Crippen molar-refractivity contribution in [2.45, 2.75) is 0 Å². The zero-order valence-corrected chi connectivity index (χ0v) is 7.24. The Morgan fingerprint density at radius 2 is 1.43 bits per heavy atom. The van der Waals surface area contributed by atoms with Gasteiger partial charge in [-0.1, -0.05) is 0 Å². The Morgan fingerprint density at radius 1 is 0.857 bits per heavy atom. The molecule has 0 saturated heterocycles. The fourth-order valence-electron chi connectivity index (χ4n) is 1.51. The molecule has 0 aliphatic carbocycles. The second kappa shape index (κ2) is 1.59. The van der Waals surface area contributed by atoms with Gasteiger partial charge in [0.05, 0.1) is 0 Å². The van der Waals surface area contributed by atoms with Crippen LogP contribution in [0.3, 0.4) is 0 Å². The summed E-state index contributed by atoms with van der Waals surface area (Å²) in [6.07, 6.45) is 0. The van der Waals surface area contributed by atoms with Gasteiger partial charge in [-0.25, -0.2) is 0 Å². The molecule has 1 atom stereocenters. The van der Waals surface area contributed by atoms with E-state index in [1.54, 1.807) is 0 Å². The molecule has 0 fully saturated rings. The average molecular weight is 216 g/mol. The molecular weight excluding hydrogens is 215 g/mol. The van der Waals surface area contributed by atoms with Gasteiger partial charge in [0.2, 0.25) is 23.0 Å². The van der Waals surface area contributed by atoms with E-state index >= 15 is 0 Å². The first kappa shape index (κ1) is 6.67. The lowest BCUT2D eigenvalue weighted by Crippen LogP contribution is -2.02. The van der Waals surface area contributed by atoms with E-state index in [0.717, 1.165) is 0 Å². The summed E-state index contributed by atoms with van der Waals surface area (Å²) in [5.41, 5.74) is 0. The van der Waals surface area contributed by atoms with Crippen LogP contribution in [0.15, 0.2) is 0 Å². The quantitative estimate of drug-likeness (QED) is 0.517. The second-order valence-electron chi connectivity index (χ2n) is 2.88. The molecule has 1 unspecified atom stereocenters. The van der Waals surface area contributed by atoms with Gasteiger partial charge in [-0.3, -0.25) is 9.78 Å². The lowest BCUT2D eigenvalue weighted by molar-refractivity contribution is -0.0870. The molecule has 0 aromatic heterocycles. The number of phenols is 1. The lowest BCUT2D eigenvalue weighted by atomic mass is 10.2. The van der Waals surface area contributed by atoms with E-state index in [0.29, 0.717) is 0 Å². The smallest absolute Gasteiger partial charge is 0.501 e. The summed E-state index contributed by atoms with van der Waals surface area (Å²) in [7, 11) is -3.64. The Bertz CT molecular complexity index is 527. The standard InChI is InChI=1S/C6HO7P/c7-1-2-5-4(10-9-2)6-3(1)11-14(8,12-5)13-6/h7H. The number of fused-ring (bicyclic) bond motifs is 1. The van der Waals surface area contributed by atoms with Crippen molar-refractivity contribution in [3.63, 3.8) is 0 Å². The van der Waals surface area contributed by atoms with E-state index < -0.39 is 7.82 Å². The van der Waals surface area contributed by atoms with E-state index in [4.69, 9.17) is 18.5 Å². The minimum atomic E-state index is -3.64. The monoisotopic (exact) mass is 216 g/mol. The van der Waals surface area contributed by atoms with E-state index in [1.165, 1.54) is 0 Å². The SMILES string of the molecule is O=P12Oc3c(O)c4c(c(c3O1)OO4)O2. The molecule has 1 aromatic rings. The van der Waals surface area contributed by atoms with Crippen LogP contribution in [-0.2, 0) is 4.57 Å². The molecule has 72 valence electrons. The predicted octanol–water partition coefficient (Wildman–Crippen LogP) is 1.35. The maximum Gasteiger partial charge on any atom is 0.647 e. The number of phenolic OH excluding ortho intramolecular Hbond substituents is 1. The van der Waals surface area contributed by atoms with Crippen LogP contribution < -0.4 is 23.3 Å². The van der Waals surface area contributed by atoms with Gasteiger partial charge in [0, 0.05) is 0 Å². The van der Waals surface area contributed by atoms with Crippen LogP contribution in [0.5, 0.6) is 34.5 Å². The summed E-state index contributed by atoms with van der Waals surface area (Å²) in [6.45, 7) is 0. The molecular formula is C6HO7P. The third-order valence-corrected chi connectivity index (χ3v) is 3.29. The van der Waals surface area contributed by atoms with Gasteiger partial charge in [0.1, 0.15) is 0 Å². The van der Waals surface area contributed by atoms with E-state index in [1.807, 2.05) is 0 Å². The van der Waals surface area contributed by atoms with Crippen molar-refractivity contribution >= 4 is 7.82 Å². The zero-order chi connectivity index (χ0) is 9.50. The first-order chi connectivity index (χ1) is 6.68. The highest BCUT2D eigenvalue weighted by Gasteiger charge is 2.56. The van der Waals surface area contributed by atoms with E-state index in [9.17, 15) is 9.67 Å². The number of aromatic hydroxyl groups is 1. The van der Waals surface area contributed by atoms with Crippen LogP contribution in [0, 0.1) is 0 Å². The molecule has 14 heavy (non-hydrogen) atoms. The largest absolute Gasteiger partial charge is 0.647 e. The Hall–Kier alpha value is -1.75. The van der Waals surface area contributed by atoms with Crippen LogP contribution >= 0.6 is 7.82 Å². The van der Waals surface area contributed by atoms with Crippen LogP contribution in [0.4, 0.5) is 0 Å². The molecule has 4 rings (SSSR count). The first-order valence-electron chi connectivity index (χ1n) is 3.64. The maximum absolute atomic E-state index is 11.6. The summed E-state index contributed by atoms with van der Waals surface area (Å²) in [6, 6.07) is 0. The van der Waals surface area contributed by atoms with Crippen molar-refractivity contribution in [3.05, 3.63) is 0 Å². The third kappa shape index (κ3) is 0.491. The molecule has 0 amide bonds. The van der Waals surface area contributed by atoms with Gasteiger partial charge in [-0.15, -0.1) is 0 Å². The molecule has 0 saturated carbocycles. The van der Waals surface area contributed by atoms with Gasteiger partial charge in [-0.05, 0) is 0 Å². The number of hydrogen-bond acceptors (Lipinski definition) is 7. The topological polar surface area (TPSA) is 83.5 Å². The maximum atomic E-state index is 11.6. The van der Waals surface area contributed by atoms with Crippen LogP contribution in [-0.4, -0.2) is 5.11 Å². The minimum absolute atomic E-state index is 0.0280. The summed E-state index contributed by atoms with van der Waals surface area (Å²) in [5, 5.41) is 9.55. The van der Waals surface area contributed by atoms with Crippen LogP contribution in [0.2, 0.25) is 0 Å². The third-order valence-electron chi connectivity index (χ3n) is 2.07. The van der Waals surface area contributed by atoms with Crippen LogP contribution in [0.1, 0.15) is 0 Å². The summed E-state index contributed by atoms with van der Waals surface area (Å²) in [4.78, 5) is 9.36. The molecule has 7 nitrogen and oxygen atoms in total. The Kier molecular flexibility index (Phi) is 0.758. The van der Waals surface area contributed by atoms with Gasteiger partial charge in [0.15, 0.2) is 0 Å². The summed E-state index contributed by atoms with van der Waals surface area (Å²) < 4.78 is 26.2. The zero-order valence-electron chi connectivity index (χ0n) is 6.34. The number of phosphoric ester groups is 1. The summed E-state index contributed by atoms with van der Waals surface area (Å²) in [5.74, 6) is -0.137. The molecule has 1 aromatic carbocycles. The fourth-order valence-corrected chi connectivity index (χ4v) is 2.79. The molecule has 3 aliphatic heterocycles. The van der Waals surface area contributed by atoms with Crippen LogP contribution in [0.25, 0.3) is 0 Å². The van der Waals surface area contributed by atoms with Crippen molar-refractivity contribution in [2.75, 3.05) is 0 Å². The summed E-state index contributed by atoms with van der Waals surface area (Å²) >= 11 is 0. The van der Waals surface area contributed by atoms with Gasteiger partial charge < -0.3 is 18.7 Å². The van der Waals surface area contributed by atoms with Crippen molar-refractivity contribution in [2.24, 2.45) is 0 Å². The van der Waals surface area contributed by atoms with Gasteiger partial charge in [0.25, 0.3) is 11.5 Å². The average Bonchev–Trinajstić information content (AvgIpc) is 2.59. The van der Waals surface area contributed by atoms with Gasteiger partial charge >= 0.3 is 7.82 Å². The molecule has 0 spiro atoms. The highest BCUT2D eigenvalue weighted by Crippen LogP contribution is 2.76. The fraction of sp³-hybridized carbons (Fsp3) is 0.